The van der Waals surface area contributed by atoms with Gasteiger partial charge in [-0.3, -0.25) is 4.79 Å². The second-order valence-corrected chi connectivity index (χ2v) is 6.09. The molecule has 1 heterocycles. The lowest BCUT2D eigenvalue weighted by Crippen LogP contribution is -2.44. The zero-order chi connectivity index (χ0) is 19.1. The van der Waals surface area contributed by atoms with Crippen molar-refractivity contribution in [1.82, 2.24) is 4.90 Å². The Kier molecular flexibility index (Phi) is 6.44. The molecule has 1 aliphatic rings. The number of amides is 1. The summed E-state index contributed by atoms with van der Waals surface area (Å²) in [5.41, 5.74) is 1.23. The van der Waals surface area contributed by atoms with Crippen molar-refractivity contribution in [3.05, 3.63) is 65.7 Å². The molecule has 1 fully saturated rings. The van der Waals surface area contributed by atoms with Crippen LogP contribution in [0.25, 0.3) is 0 Å². The summed E-state index contributed by atoms with van der Waals surface area (Å²) in [7, 11) is 0. The molecule has 6 heteroatoms. The highest BCUT2D eigenvalue weighted by Gasteiger charge is 2.29. The third kappa shape index (κ3) is 4.86. The zero-order valence-electron chi connectivity index (χ0n) is 15.3. The number of benzene rings is 2. The Morgan fingerprint density at radius 2 is 1.70 bits per heavy atom. The van der Waals surface area contributed by atoms with Crippen molar-refractivity contribution in [2.75, 3.05) is 32.9 Å². The van der Waals surface area contributed by atoms with Crippen molar-refractivity contribution in [3.8, 4) is 5.75 Å². The summed E-state index contributed by atoms with van der Waals surface area (Å²) < 4.78 is 16.3. The van der Waals surface area contributed by atoms with Gasteiger partial charge in [0.15, 0.2) is 0 Å². The lowest BCUT2D eigenvalue weighted by atomic mass is 10.1. The molecule has 3 rings (SSSR count). The summed E-state index contributed by atoms with van der Waals surface area (Å²) in [5, 5.41) is 0. The van der Waals surface area contributed by atoms with Crippen molar-refractivity contribution < 1.29 is 23.8 Å². The summed E-state index contributed by atoms with van der Waals surface area (Å²) in [5.74, 6) is 0.0329. The topological polar surface area (TPSA) is 65.1 Å². The summed E-state index contributed by atoms with van der Waals surface area (Å²) in [6, 6.07) is 16.0. The van der Waals surface area contributed by atoms with Gasteiger partial charge in [-0.05, 0) is 31.2 Å². The standard InChI is InChI=1S/C21H23NO5/c1-2-26-21(24)17-8-10-18(11-9-17)27-19(16-6-4-3-5-7-16)20(23)22-12-14-25-15-13-22/h3-11,19H,2,12-15H2,1H3. The van der Waals surface area contributed by atoms with Gasteiger partial charge >= 0.3 is 5.97 Å². The van der Waals surface area contributed by atoms with Gasteiger partial charge < -0.3 is 19.1 Å². The Balaban J connectivity index is 1.79. The highest BCUT2D eigenvalue weighted by molar-refractivity contribution is 5.89. The minimum absolute atomic E-state index is 0.0982. The summed E-state index contributed by atoms with van der Waals surface area (Å²) in [6.07, 6.45) is -0.752. The van der Waals surface area contributed by atoms with Crippen LogP contribution in [0.1, 0.15) is 28.9 Å². The predicted molar refractivity (Wildman–Crippen MR) is 99.6 cm³/mol. The molecule has 1 amide bonds. The van der Waals surface area contributed by atoms with Gasteiger partial charge in [-0.25, -0.2) is 4.79 Å². The average Bonchev–Trinajstić information content (AvgIpc) is 2.73. The molecule has 0 bridgehead atoms. The Labute approximate surface area is 158 Å². The van der Waals surface area contributed by atoms with Gasteiger partial charge in [-0.2, -0.15) is 0 Å². The number of rotatable bonds is 6. The summed E-state index contributed by atoms with van der Waals surface area (Å²) in [4.78, 5) is 26.6. The first-order valence-electron chi connectivity index (χ1n) is 9.04. The molecule has 0 radical (unpaired) electrons. The number of hydrogen-bond acceptors (Lipinski definition) is 5. The van der Waals surface area contributed by atoms with Crippen LogP contribution in [0, 0.1) is 0 Å². The number of morpholine rings is 1. The second-order valence-electron chi connectivity index (χ2n) is 6.09. The minimum Gasteiger partial charge on any atom is -0.476 e. The predicted octanol–water partition coefficient (Wildman–Crippen LogP) is 2.84. The van der Waals surface area contributed by atoms with Gasteiger partial charge in [0.05, 0.1) is 25.4 Å². The van der Waals surface area contributed by atoms with E-state index in [0.29, 0.717) is 44.2 Å². The van der Waals surface area contributed by atoms with E-state index in [-0.39, 0.29) is 11.9 Å². The van der Waals surface area contributed by atoms with Crippen LogP contribution in [0.3, 0.4) is 0 Å². The van der Waals surface area contributed by atoms with Gasteiger partial charge in [0, 0.05) is 18.7 Å². The maximum atomic E-state index is 13.0. The van der Waals surface area contributed by atoms with E-state index in [4.69, 9.17) is 14.2 Å². The largest absolute Gasteiger partial charge is 0.476 e. The molecule has 0 spiro atoms. The third-order valence-electron chi connectivity index (χ3n) is 4.27. The molecule has 2 aromatic carbocycles. The van der Waals surface area contributed by atoms with E-state index < -0.39 is 6.10 Å². The first-order valence-corrected chi connectivity index (χ1v) is 9.04. The quantitative estimate of drug-likeness (QED) is 0.733. The molecule has 27 heavy (non-hydrogen) atoms. The lowest BCUT2D eigenvalue weighted by molar-refractivity contribution is -0.143. The van der Waals surface area contributed by atoms with Crippen molar-refractivity contribution in [2.24, 2.45) is 0 Å². The first kappa shape index (κ1) is 18.9. The average molecular weight is 369 g/mol. The molecule has 1 aliphatic heterocycles. The van der Waals surface area contributed by atoms with E-state index in [0.717, 1.165) is 5.56 Å². The highest BCUT2D eigenvalue weighted by atomic mass is 16.5. The second kappa shape index (κ2) is 9.19. The molecule has 1 atom stereocenters. The molecular weight excluding hydrogens is 346 g/mol. The fraction of sp³-hybridized carbons (Fsp3) is 0.333. The van der Waals surface area contributed by atoms with Crippen LogP contribution < -0.4 is 4.74 Å². The van der Waals surface area contributed by atoms with Crippen molar-refractivity contribution in [2.45, 2.75) is 13.0 Å². The van der Waals surface area contributed by atoms with E-state index >= 15 is 0 Å². The zero-order valence-corrected chi connectivity index (χ0v) is 15.3. The Morgan fingerprint density at radius 1 is 1.04 bits per heavy atom. The van der Waals surface area contributed by atoms with Gasteiger partial charge in [-0.1, -0.05) is 30.3 Å². The van der Waals surface area contributed by atoms with E-state index in [2.05, 4.69) is 0 Å². The van der Waals surface area contributed by atoms with Crippen LogP contribution in [-0.4, -0.2) is 49.7 Å². The SMILES string of the molecule is CCOC(=O)c1ccc(OC(C(=O)N2CCOCC2)c2ccccc2)cc1. The van der Waals surface area contributed by atoms with Gasteiger partial charge in [0.25, 0.3) is 5.91 Å². The summed E-state index contributed by atoms with van der Waals surface area (Å²) >= 11 is 0. The van der Waals surface area contributed by atoms with Gasteiger partial charge in [0.1, 0.15) is 5.75 Å². The fourth-order valence-electron chi connectivity index (χ4n) is 2.86. The van der Waals surface area contributed by atoms with Crippen molar-refractivity contribution in [1.29, 1.82) is 0 Å². The van der Waals surface area contributed by atoms with Gasteiger partial charge in [-0.15, -0.1) is 0 Å². The van der Waals surface area contributed by atoms with Crippen molar-refractivity contribution >= 4 is 11.9 Å². The Bertz CT molecular complexity index is 754. The Hall–Kier alpha value is -2.86. The number of carbonyl (C=O) groups excluding carboxylic acids is 2. The molecule has 0 saturated carbocycles. The van der Waals surface area contributed by atoms with Crippen LogP contribution in [-0.2, 0) is 14.3 Å². The number of esters is 1. The van der Waals surface area contributed by atoms with Crippen LogP contribution in [0.2, 0.25) is 0 Å². The minimum atomic E-state index is -0.752. The lowest BCUT2D eigenvalue weighted by Gasteiger charge is -2.30. The Morgan fingerprint density at radius 3 is 2.33 bits per heavy atom. The molecule has 0 N–H and O–H groups in total. The van der Waals surface area contributed by atoms with Crippen LogP contribution in [0.5, 0.6) is 5.75 Å². The number of carbonyl (C=O) groups is 2. The first-order chi connectivity index (χ1) is 13.2. The third-order valence-corrected chi connectivity index (χ3v) is 4.27. The van der Waals surface area contributed by atoms with E-state index in [1.807, 2.05) is 30.3 Å². The van der Waals surface area contributed by atoms with E-state index in [9.17, 15) is 9.59 Å². The molecule has 6 nitrogen and oxygen atoms in total. The smallest absolute Gasteiger partial charge is 0.338 e. The number of ether oxygens (including phenoxy) is 3. The van der Waals surface area contributed by atoms with Crippen molar-refractivity contribution in [3.63, 3.8) is 0 Å². The number of hydrogen-bond donors (Lipinski definition) is 0. The summed E-state index contributed by atoms with van der Waals surface area (Å²) in [6.45, 7) is 4.24. The molecule has 1 saturated heterocycles. The fourth-order valence-corrected chi connectivity index (χ4v) is 2.86. The highest BCUT2D eigenvalue weighted by Crippen LogP contribution is 2.25. The van der Waals surface area contributed by atoms with E-state index in [1.54, 1.807) is 36.1 Å². The maximum absolute atomic E-state index is 13.0. The monoisotopic (exact) mass is 369 g/mol. The van der Waals surface area contributed by atoms with Gasteiger partial charge in [0.2, 0.25) is 6.10 Å². The molecule has 0 aromatic heterocycles. The number of nitrogens with zero attached hydrogens (tertiary/aromatic N) is 1. The van der Waals surface area contributed by atoms with E-state index in [1.165, 1.54) is 0 Å². The van der Waals surface area contributed by atoms with Crippen LogP contribution >= 0.6 is 0 Å². The maximum Gasteiger partial charge on any atom is 0.338 e. The molecule has 2 aromatic rings. The molecule has 0 aliphatic carbocycles. The normalized spacial score (nSPS) is 15.1. The molecule has 1 unspecified atom stereocenters. The molecule has 142 valence electrons. The molecular formula is C21H23NO5. The van der Waals surface area contributed by atoms with Crippen LogP contribution in [0.4, 0.5) is 0 Å². The van der Waals surface area contributed by atoms with Crippen LogP contribution in [0.15, 0.2) is 54.6 Å².